The number of nitrogens with two attached hydrogens (primary N) is 1. The highest BCUT2D eigenvalue weighted by atomic mass is 15.1. The highest BCUT2D eigenvalue weighted by molar-refractivity contribution is 5.83. The third-order valence-electron chi connectivity index (χ3n) is 6.80. The number of allylic oxidation sites excluding steroid dienone is 6. The van der Waals surface area contributed by atoms with Crippen LogP contribution >= 0.6 is 0 Å². The Hall–Kier alpha value is -3.93. The van der Waals surface area contributed by atoms with E-state index in [1.54, 1.807) is 24.7 Å². The van der Waals surface area contributed by atoms with Gasteiger partial charge in [0.1, 0.15) is 22.9 Å². The first kappa shape index (κ1) is 32.3. The number of nitrogens with zero attached hydrogens (tertiary/aromatic N) is 4. The van der Waals surface area contributed by atoms with Crippen LogP contribution in [0.15, 0.2) is 97.8 Å². The van der Waals surface area contributed by atoms with Crippen molar-refractivity contribution in [3.05, 3.63) is 109 Å². The minimum atomic E-state index is 0.454. The first-order valence-corrected chi connectivity index (χ1v) is 14.4. The summed E-state index contributed by atoms with van der Waals surface area (Å²) in [6.45, 7) is 17.8. The van der Waals surface area contributed by atoms with E-state index >= 15 is 0 Å². The fourth-order valence-electron chi connectivity index (χ4n) is 4.66. The zero-order chi connectivity index (χ0) is 29.3. The van der Waals surface area contributed by atoms with Crippen LogP contribution in [0.3, 0.4) is 0 Å². The summed E-state index contributed by atoms with van der Waals surface area (Å²) in [7, 11) is 0. The molecule has 3 N–H and O–H groups in total. The summed E-state index contributed by atoms with van der Waals surface area (Å²) >= 11 is 0. The Balaban J connectivity index is 0.000000533. The fraction of sp³-hybridized carbons (Fsp3) is 0.382. The van der Waals surface area contributed by atoms with Crippen molar-refractivity contribution >= 4 is 17.0 Å². The molecule has 0 bridgehead atoms. The normalized spacial score (nSPS) is 17.7. The Bertz CT molecular complexity index is 1250. The minimum Gasteiger partial charge on any atom is -0.382 e. The second-order valence-corrected chi connectivity index (χ2v) is 10.1. The highest BCUT2D eigenvalue weighted by Gasteiger charge is 2.26. The molecule has 6 heteroatoms. The van der Waals surface area contributed by atoms with Crippen LogP contribution in [0.1, 0.15) is 90.6 Å². The lowest BCUT2D eigenvalue weighted by atomic mass is 9.82. The molecule has 0 saturated heterocycles. The standard InChI is InChI=1S/C26H37N5.C5H5N.C3H6/c1-6-9-11-22(19(5)10-7-2)29-21(8-3)23-24-25(27)28-16-17-31(24)26(30-23)20-14-12-18(4)13-15-20;1-2-4-6-5-3-1;1-3-2/h7-9,11,16-18,20,29H,2,6,10,12-15H2,1,3-5H3,(H2,27,28);1-5H;3H,1H2,2H3/b11-9-,21-8-,22-19+;;. The first-order chi connectivity index (χ1) is 19.4. The molecule has 3 heterocycles. The summed E-state index contributed by atoms with van der Waals surface area (Å²) < 4.78 is 2.16. The molecule has 0 spiro atoms. The molecule has 1 fully saturated rings. The lowest BCUT2D eigenvalue weighted by Gasteiger charge is -2.25. The minimum absolute atomic E-state index is 0.454. The van der Waals surface area contributed by atoms with Crippen molar-refractivity contribution < 1.29 is 0 Å². The first-order valence-electron chi connectivity index (χ1n) is 14.4. The van der Waals surface area contributed by atoms with Crippen LogP contribution in [0, 0.1) is 5.92 Å². The maximum atomic E-state index is 6.37. The monoisotopic (exact) mass is 540 g/mol. The van der Waals surface area contributed by atoms with E-state index < -0.39 is 0 Å². The number of aromatic nitrogens is 4. The van der Waals surface area contributed by atoms with Gasteiger partial charge in [-0.1, -0.05) is 57.1 Å². The van der Waals surface area contributed by atoms with Crippen molar-refractivity contribution in [1.82, 2.24) is 24.7 Å². The number of fused-ring (bicyclic) bond motifs is 1. The average Bonchev–Trinajstić information content (AvgIpc) is 3.36. The van der Waals surface area contributed by atoms with E-state index in [-0.39, 0.29) is 0 Å². The number of anilines is 1. The van der Waals surface area contributed by atoms with Crippen molar-refractivity contribution in [3.63, 3.8) is 0 Å². The predicted molar refractivity (Wildman–Crippen MR) is 172 cm³/mol. The van der Waals surface area contributed by atoms with Gasteiger partial charge in [-0.3, -0.25) is 9.38 Å². The van der Waals surface area contributed by atoms with E-state index in [0.29, 0.717) is 11.7 Å². The summed E-state index contributed by atoms with van der Waals surface area (Å²) in [5.74, 6) is 2.87. The number of imidazole rings is 1. The number of pyridine rings is 1. The van der Waals surface area contributed by atoms with Gasteiger partial charge >= 0.3 is 0 Å². The predicted octanol–water partition coefficient (Wildman–Crippen LogP) is 8.65. The topological polar surface area (TPSA) is 81.1 Å². The second kappa shape index (κ2) is 17.6. The third kappa shape index (κ3) is 9.37. The van der Waals surface area contributed by atoms with Crippen LogP contribution in [0.25, 0.3) is 11.2 Å². The Morgan fingerprint density at radius 3 is 2.30 bits per heavy atom. The van der Waals surface area contributed by atoms with Crippen molar-refractivity contribution in [3.8, 4) is 0 Å². The van der Waals surface area contributed by atoms with Gasteiger partial charge in [-0.15, -0.1) is 13.2 Å². The van der Waals surface area contributed by atoms with Crippen LogP contribution in [0.4, 0.5) is 5.82 Å². The second-order valence-electron chi connectivity index (χ2n) is 10.1. The number of hydrogen-bond acceptors (Lipinski definition) is 5. The Labute approximate surface area is 241 Å². The van der Waals surface area contributed by atoms with E-state index in [4.69, 9.17) is 10.7 Å². The number of rotatable bonds is 8. The van der Waals surface area contributed by atoms with Gasteiger partial charge in [-0.2, -0.15) is 0 Å². The third-order valence-corrected chi connectivity index (χ3v) is 6.80. The molecule has 0 aromatic carbocycles. The van der Waals surface area contributed by atoms with Crippen molar-refractivity contribution in [2.75, 3.05) is 5.73 Å². The van der Waals surface area contributed by atoms with Crippen molar-refractivity contribution in [2.45, 2.75) is 79.1 Å². The van der Waals surface area contributed by atoms with E-state index in [1.807, 2.05) is 44.3 Å². The van der Waals surface area contributed by atoms with Gasteiger partial charge in [-0.05, 0) is 76.2 Å². The zero-order valence-corrected chi connectivity index (χ0v) is 25.1. The molecule has 1 saturated carbocycles. The van der Waals surface area contributed by atoms with Crippen LogP contribution in [0.2, 0.25) is 0 Å². The van der Waals surface area contributed by atoms with Gasteiger partial charge in [0.15, 0.2) is 0 Å². The summed E-state index contributed by atoms with van der Waals surface area (Å²) in [5.41, 5.74) is 11.4. The van der Waals surface area contributed by atoms with Gasteiger partial charge in [0.2, 0.25) is 0 Å². The maximum Gasteiger partial charge on any atom is 0.150 e. The zero-order valence-electron chi connectivity index (χ0n) is 25.1. The SMILES string of the molecule is C=CC.C=CC/C(C)=C(\C=C/CC)N/C(=C\C)c1nc(C2CCC(C)CC2)n2ccnc(N)c12.c1ccncc1. The van der Waals surface area contributed by atoms with Gasteiger partial charge in [0.25, 0.3) is 0 Å². The van der Waals surface area contributed by atoms with Gasteiger partial charge < -0.3 is 11.1 Å². The Kier molecular flexibility index (Phi) is 14.2. The van der Waals surface area contributed by atoms with E-state index in [1.165, 1.54) is 31.3 Å². The molecular weight excluding hydrogens is 492 g/mol. The quantitative estimate of drug-likeness (QED) is 0.221. The molecule has 40 heavy (non-hydrogen) atoms. The summed E-state index contributed by atoms with van der Waals surface area (Å²) in [4.78, 5) is 13.3. The molecule has 1 aliphatic rings. The Morgan fingerprint density at radius 1 is 1.10 bits per heavy atom. The van der Waals surface area contributed by atoms with Gasteiger partial charge in [0, 0.05) is 36.4 Å². The molecule has 214 valence electrons. The molecule has 0 atom stereocenters. The molecule has 3 aromatic heterocycles. The molecule has 1 aliphatic carbocycles. The molecule has 3 aromatic rings. The van der Waals surface area contributed by atoms with Crippen LogP contribution in [-0.4, -0.2) is 19.4 Å². The smallest absolute Gasteiger partial charge is 0.150 e. The van der Waals surface area contributed by atoms with E-state index in [2.05, 4.69) is 71.8 Å². The maximum absolute atomic E-state index is 6.37. The molecular formula is C34H48N6. The number of hydrogen-bond donors (Lipinski definition) is 2. The lowest BCUT2D eigenvalue weighted by Crippen LogP contribution is -2.14. The summed E-state index contributed by atoms with van der Waals surface area (Å²) in [5, 5.41) is 3.63. The molecule has 0 aliphatic heterocycles. The number of nitrogen functional groups attached to an aromatic ring is 1. The summed E-state index contributed by atoms with van der Waals surface area (Å²) in [6, 6.07) is 5.72. The molecule has 0 unspecified atom stereocenters. The van der Waals surface area contributed by atoms with Crippen molar-refractivity contribution in [2.24, 2.45) is 5.92 Å². The molecule has 6 nitrogen and oxygen atoms in total. The fourth-order valence-corrected chi connectivity index (χ4v) is 4.66. The average molecular weight is 541 g/mol. The number of nitrogens with one attached hydrogen (secondary N) is 1. The van der Waals surface area contributed by atoms with Gasteiger partial charge in [0.05, 0.1) is 5.70 Å². The molecule has 0 amide bonds. The van der Waals surface area contributed by atoms with Gasteiger partial charge in [-0.25, -0.2) is 9.97 Å². The van der Waals surface area contributed by atoms with Crippen LogP contribution in [0.5, 0.6) is 0 Å². The van der Waals surface area contributed by atoms with Crippen LogP contribution < -0.4 is 11.1 Å². The molecule has 0 radical (unpaired) electrons. The molecule has 4 rings (SSSR count). The summed E-state index contributed by atoms with van der Waals surface area (Å²) in [6.07, 6.45) is 24.0. The van der Waals surface area contributed by atoms with E-state index in [0.717, 1.165) is 47.2 Å². The van der Waals surface area contributed by atoms with Crippen molar-refractivity contribution in [1.29, 1.82) is 0 Å². The Morgan fingerprint density at radius 2 is 1.77 bits per heavy atom. The highest BCUT2D eigenvalue weighted by Crippen LogP contribution is 2.37. The van der Waals surface area contributed by atoms with E-state index in [9.17, 15) is 0 Å². The van der Waals surface area contributed by atoms with Crippen LogP contribution in [-0.2, 0) is 0 Å². The largest absolute Gasteiger partial charge is 0.382 e. The lowest BCUT2D eigenvalue weighted by molar-refractivity contribution is 0.339.